The third-order valence-electron chi connectivity index (χ3n) is 5.82. The van der Waals surface area contributed by atoms with E-state index in [2.05, 4.69) is 10.2 Å². The number of likely N-dealkylation sites (tertiary alicyclic amines) is 1. The number of pyridine rings is 1. The molecule has 0 spiro atoms. The molecule has 29 heavy (non-hydrogen) atoms. The first kappa shape index (κ1) is 17.7. The molecule has 3 aromatic heterocycles. The van der Waals surface area contributed by atoms with E-state index in [-0.39, 0.29) is 24.1 Å². The number of rotatable bonds is 3. The van der Waals surface area contributed by atoms with Crippen LogP contribution in [0.3, 0.4) is 0 Å². The summed E-state index contributed by atoms with van der Waals surface area (Å²) in [6.07, 6.45) is 3.83. The highest BCUT2D eigenvalue weighted by molar-refractivity contribution is 5.81. The van der Waals surface area contributed by atoms with Gasteiger partial charge < -0.3 is 4.90 Å². The van der Waals surface area contributed by atoms with Crippen LogP contribution in [-0.4, -0.2) is 47.6 Å². The highest BCUT2D eigenvalue weighted by Crippen LogP contribution is 2.26. The lowest BCUT2D eigenvalue weighted by Gasteiger charge is -2.32. The summed E-state index contributed by atoms with van der Waals surface area (Å²) in [6.45, 7) is 1.34. The van der Waals surface area contributed by atoms with E-state index in [4.69, 9.17) is 0 Å². The standard InChI is InChI=1S/C21H22N6O2/c1-24-16-8-2-3-9-17(16)27(21(24)29)14-19(28)25-11-6-7-15(13-25)20-23-22-18-10-4-5-12-26(18)20/h2-5,8-10,12,15H,6-7,11,13-14H2,1H3. The molecule has 1 atom stereocenters. The van der Waals surface area contributed by atoms with Crippen molar-refractivity contribution in [3.05, 3.63) is 65.0 Å². The first-order valence-corrected chi connectivity index (χ1v) is 9.85. The first-order chi connectivity index (χ1) is 14.1. The summed E-state index contributed by atoms with van der Waals surface area (Å²) >= 11 is 0. The molecule has 4 aromatic rings. The summed E-state index contributed by atoms with van der Waals surface area (Å²) in [5.41, 5.74) is 2.26. The van der Waals surface area contributed by atoms with Gasteiger partial charge >= 0.3 is 5.69 Å². The van der Waals surface area contributed by atoms with Gasteiger partial charge in [0.1, 0.15) is 12.4 Å². The van der Waals surface area contributed by atoms with Gasteiger partial charge in [-0.05, 0) is 37.1 Å². The molecular formula is C21H22N6O2. The zero-order chi connectivity index (χ0) is 20.0. The molecule has 1 unspecified atom stereocenters. The van der Waals surface area contributed by atoms with Crippen LogP contribution in [0.2, 0.25) is 0 Å². The second-order valence-corrected chi connectivity index (χ2v) is 7.58. The van der Waals surface area contributed by atoms with Crippen molar-refractivity contribution in [2.75, 3.05) is 13.1 Å². The summed E-state index contributed by atoms with van der Waals surface area (Å²) in [5, 5.41) is 8.61. The number of aryl methyl sites for hydroxylation is 1. The van der Waals surface area contributed by atoms with Gasteiger partial charge in [0.25, 0.3) is 0 Å². The van der Waals surface area contributed by atoms with E-state index < -0.39 is 0 Å². The lowest BCUT2D eigenvalue weighted by Crippen LogP contribution is -2.42. The predicted octanol–water partition coefficient (Wildman–Crippen LogP) is 1.79. The molecule has 1 aromatic carbocycles. The van der Waals surface area contributed by atoms with Crippen LogP contribution in [0.1, 0.15) is 24.6 Å². The molecule has 0 aliphatic carbocycles. The Labute approximate surface area is 167 Å². The fourth-order valence-electron chi connectivity index (χ4n) is 4.30. The van der Waals surface area contributed by atoms with Crippen molar-refractivity contribution in [3.8, 4) is 0 Å². The number of carbonyl (C=O) groups is 1. The topological polar surface area (TPSA) is 77.4 Å². The average Bonchev–Trinajstić information content (AvgIpc) is 3.29. The van der Waals surface area contributed by atoms with Crippen LogP contribution < -0.4 is 5.69 Å². The molecule has 8 heteroatoms. The summed E-state index contributed by atoms with van der Waals surface area (Å²) in [4.78, 5) is 27.6. The highest BCUT2D eigenvalue weighted by atomic mass is 16.2. The number of amides is 1. The largest absolute Gasteiger partial charge is 0.340 e. The van der Waals surface area contributed by atoms with Gasteiger partial charge in [0, 0.05) is 32.3 Å². The molecule has 0 N–H and O–H groups in total. The van der Waals surface area contributed by atoms with Crippen LogP contribution in [0.25, 0.3) is 16.7 Å². The van der Waals surface area contributed by atoms with Crippen molar-refractivity contribution < 1.29 is 4.79 Å². The number of imidazole rings is 1. The van der Waals surface area contributed by atoms with E-state index in [1.165, 1.54) is 0 Å². The summed E-state index contributed by atoms with van der Waals surface area (Å²) in [7, 11) is 1.74. The maximum absolute atomic E-state index is 13.1. The quantitative estimate of drug-likeness (QED) is 0.534. The van der Waals surface area contributed by atoms with Crippen LogP contribution >= 0.6 is 0 Å². The maximum Gasteiger partial charge on any atom is 0.329 e. The molecule has 1 aliphatic heterocycles. The molecule has 0 saturated carbocycles. The lowest BCUT2D eigenvalue weighted by atomic mass is 9.97. The van der Waals surface area contributed by atoms with E-state index in [1.54, 1.807) is 16.2 Å². The third-order valence-corrected chi connectivity index (χ3v) is 5.82. The van der Waals surface area contributed by atoms with E-state index in [0.29, 0.717) is 13.1 Å². The van der Waals surface area contributed by atoms with Gasteiger partial charge in [0.05, 0.1) is 11.0 Å². The Morgan fingerprint density at radius 3 is 2.76 bits per heavy atom. The molecule has 4 heterocycles. The monoisotopic (exact) mass is 390 g/mol. The Balaban J connectivity index is 1.40. The Morgan fingerprint density at radius 2 is 1.90 bits per heavy atom. The number of hydrogen-bond acceptors (Lipinski definition) is 4. The number of hydrogen-bond donors (Lipinski definition) is 0. The number of fused-ring (bicyclic) bond motifs is 2. The summed E-state index contributed by atoms with van der Waals surface area (Å²) < 4.78 is 5.14. The fraction of sp³-hybridized carbons (Fsp3) is 0.333. The number of aromatic nitrogens is 5. The number of piperidine rings is 1. The normalized spacial score (nSPS) is 17.3. The van der Waals surface area contributed by atoms with Crippen LogP contribution in [0.5, 0.6) is 0 Å². The number of carbonyl (C=O) groups excluding carboxylic acids is 1. The third kappa shape index (κ3) is 2.91. The van der Waals surface area contributed by atoms with Crippen molar-refractivity contribution >= 4 is 22.6 Å². The Hall–Kier alpha value is -3.42. The van der Waals surface area contributed by atoms with E-state index in [0.717, 1.165) is 35.3 Å². The zero-order valence-corrected chi connectivity index (χ0v) is 16.2. The molecule has 1 fully saturated rings. The SMILES string of the molecule is Cn1c(=O)n(CC(=O)N2CCCC(c3nnc4ccccn34)C2)c2ccccc21. The van der Waals surface area contributed by atoms with Crippen molar-refractivity contribution in [2.45, 2.75) is 25.3 Å². The van der Waals surface area contributed by atoms with Gasteiger partial charge in [-0.1, -0.05) is 18.2 Å². The van der Waals surface area contributed by atoms with Crippen LogP contribution in [0, 0.1) is 0 Å². The van der Waals surface area contributed by atoms with Crippen molar-refractivity contribution in [1.82, 2.24) is 28.6 Å². The van der Waals surface area contributed by atoms with Gasteiger partial charge in [0.2, 0.25) is 5.91 Å². The number of nitrogens with zero attached hydrogens (tertiary/aromatic N) is 6. The van der Waals surface area contributed by atoms with E-state index >= 15 is 0 Å². The predicted molar refractivity (Wildman–Crippen MR) is 109 cm³/mol. The molecule has 148 valence electrons. The van der Waals surface area contributed by atoms with E-state index in [1.807, 2.05) is 58.0 Å². The van der Waals surface area contributed by atoms with Crippen molar-refractivity contribution in [3.63, 3.8) is 0 Å². The molecule has 0 radical (unpaired) electrons. The highest BCUT2D eigenvalue weighted by Gasteiger charge is 2.28. The summed E-state index contributed by atoms with van der Waals surface area (Å²) in [5.74, 6) is 0.983. The van der Waals surface area contributed by atoms with E-state index in [9.17, 15) is 9.59 Å². The maximum atomic E-state index is 13.1. The zero-order valence-electron chi connectivity index (χ0n) is 16.2. The molecular weight excluding hydrogens is 368 g/mol. The van der Waals surface area contributed by atoms with Crippen LogP contribution in [0.4, 0.5) is 0 Å². The Kier molecular flexibility index (Phi) is 4.19. The molecule has 5 rings (SSSR count). The molecule has 1 saturated heterocycles. The molecule has 1 amide bonds. The van der Waals surface area contributed by atoms with Gasteiger partial charge in [-0.25, -0.2) is 4.79 Å². The fourth-order valence-corrected chi connectivity index (χ4v) is 4.30. The second kappa shape index (κ2) is 6.88. The first-order valence-electron chi connectivity index (χ1n) is 9.85. The van der Waals surface area contributed by atoms with Crippen molar-refractivity contribution in [1.29, 1.82) is 0 Å². The van der Waals surface area contributed by atoms with Gasteiger partial charge in [0.15, 0.2) is 5.65 Å². The van der Waals surface area contributed by atoms with Gasteiger partial charge in [-0.15, -0.1) is 10.2 Å². The minimum atomic E-state index is -0.170. The van der Waals surface area contributed by atoms with Crippen LogP contribution in [0.15, 0.2) is 53.5 Å². The number of benzene rings is 1. The Bertz CT molecular complexity index is 1270. The van der Waals surface area contributed by atoms with Crippen molar-refractivity contribution in [2.24, 2.45) is 7.05 Å². The van der Waals surface area contributed by atoms with Gasteiger partial charge in [-0.3, -0.25) is 18.3 Å². The van der Waals surface area contributed by atoms with Gasteiger partial charge in [-0.2, -0.15) is 0 Å². The Morgan fingerprint density at radius 1 is 1.10 bits per heavy atom. The average molecular weight is 390 g/mol. The second-order valence-electron chi connectivity index (χ2n) is 7.58. The number of para-hydroxylation sites is 2. The molecule has 1 aliphatic rings. The smallest absolute Gasteiger partial charge is 0.329 e. The molecule has 0 bridgehead atoms. The lowest BCUT2D eigenvalue weighted by molar-refractivity contribution is -0.133. The molecule has 8 nitrogen and oxygen atoms in total. The summed E-state index contributed by atoms with van der Waals surface area (Å²) in [6, 6.07) is 13.4. The van der Waals surface area contributed by atoms with Crippen LogP contribution in [-0.2, 0) is 18.4 Å². The minimum absolute atomic E-state index is 0.0398. The minimum Gasteiger partial charge on any atom is -0.340 e.